The highest BCUT2D eigenvalue weighted by Gasteiger charge is 2.27. The number of benzene rings is 1. The topological polar surface area (TPSA) is 61.8 Å². The SMILES string of the molecule is COc1cccc(NC(=O)N2CCC(O)C(C)C2)c1. The first-order chi connectivity index (χ1) is 9.10. The molecule has 0 aliphatic carbocycles. The minimum atomic E-state index is -0.305. The monoisotopic (exact) mass is 264 g/mol. The third-order valence-electron chi connectivity index (χ3n) is 3.47. The zero-order valence-electron chi connectivity index (χ0n) is 11.3. The number of hydrogen-bond donors (Lipinski definition) is 2. The lowest BCUT2D eigenvalue weighted by molar-refractivity contribution is 0.0506. The van der Waals surface area contributed by atoms with Gasteiger partial charge in [0.1, 0.15) is 5.75 Å². The molecule has 2 N–H and O–H groups in total. The van der Waals surface area contributed by atoms with Crippen LogP contribution >= 0.6 is 0 Å². The van der Waals surface area contributed by atoms with Gasteiger partial charge in [-0.2, -0.15) is 0 Å². The second kappa shape index (κ2) is 5.93. The molecule has 2 rings (SSSR count). The number of rotatable bonds is 2. The average molecular weight is 264 g/mol. The summed E-state index contributed by atoms with van der Waals surface area (Å²) in [6.07, 6.45) is 0.327. The third-order valence-corrected chi connectivity index (χ3v) is 3.47. The van der Waals surface area contributed by atoms with Gasteiger partial charge in [0.15, 0.2) is 0 Å². The molecule has 1 aromatic rings. The maximum atomic E-state index is 12.1. The van der Waals surface area contributed by atoms with Crippen molar-refractivity contribution in [2.75, 3.05) is 25.5 Å². The number of hydrogen-bond acceptors (Lipinski definition) is 3. The largest absolute Gasteiger partial charge is 0.497 e. The maximum absolute atomic E-state index is 12.1. The van der Waals surface area contributed by atoms with Crippen molar-refractivity contribution in [3.8, 4) is 5.75 Å². The molecule has 1 aliphatic rings. The number of nitrogens with one attached hydrogen (secondary N) is 1. The summed E-state index contributed by atoms with van der Waals surface area (Å²) < 4.78 is 5.12. The van der Waals surface area contributed by atoms with Gasteiger partial charge in [-0.25, -0.2) is 4.79 Å². The number of piperidine rings is 1. The Labute approximate surface area is 113 Å². The first-order valence-electron chi connectivity index (χ1n) is 6.48. The van der Waals surface area contributed by atoms with Crippen molar-refractivity contribution in [1.82, 2.24) is 4.90 Å². The van der Waals surface area contributed by atoms with Crippen molar-refractivity contribution in [3.63, 3.8) is 0 Å². The lowest BCUT2D eigenvalue weighted by Gasteiger charge is -2.34. The smallest absolute Gasteiger partial charge is 0.321 e. The fourth-order valence-corrected chi connectivity index (χ4v) is 2.22. The molecular formula is C14H20N2O3. The average Bonchev–Trinajstić information content (AvgIpc) is 2.42. The van der Waals surface area contributed by atoms with Crippen LogP contribution in [0.3, 0.4) is 0 Å². The second-order valence-corrected chi connectivity index (χ2v) is 4.94. The van der Waals surface area contributed by atoms with Gasteiger partial charge < -0.3 is 20.1 Å². The van der Waals surface area contributed by atoms with Gasteiger partial charge in [0.2, 0.25) is 0 Å². The maximum Gasteiger partial charge on any atom is 0.321 e. The minimum Gasteiger partial charge on any atom is -0.497 e. The van der Waals surface area contributed by atoms with Crippen molar-refractivity contribution >= 4 is 11.7 Å². The van der Waals surface area contributed by atoms with Gasteiger partial charge in [0.05, 0.1) is 13.2 Å². The van der Waals surface area contributed by atoms with Gasteiger partial charge in [-0.1, -0.05) is 13.0 Å². The van der Waals surface area contributed by atoms with Crippen LogP contribution in [0.2, 0.25) is 0 Å². The van der Waals surface area contributed by atoms with E-state index < -0.39 is 0 Å². The summed E-state index contributed by atoms with van der Waals surface area (Å²) in [7, 11) is 1.59. The Morgan fingerprint density at radius 3 is 3.00 bits per heavy atom. The van der Waals surface area contributed by atoms with Gasteiger partial charge in [0, 0.05) is 24.8 Å². The molecule has 2 atom stereocenters. The number of likely N-dealkylation sites (tertiary alicyclic amines) is 1. The van der Waals surface area contributed by atoms with Crippen molar-refractivity contribution in [3.05, 3.63) is 24.3 Å². The summed E-state index contributed by atoms with van der Waals surface area (Å²) >= 11 is 0. The summed E-state index contributed by atoms with van der Waals surface area (Å²) in [5.41, 5.74) is 0.711. The molecule has 2 unspecified atom stereocenters. The van der Waals surface area contributed by atoms with E-state index >= 15 is 0 Å². The predicted octanol–water partition coefficient (Wildman–Crippen LogP) is 1.93. The molecule has 1 fully saturated rings. The fraction of sp³-hybridized carbons (Fsp3) is 0.500. The molecule has 1 heterocycles. The number of carbonyl (C=O) groups is 1. The summed E-state index contributed by atoms with van der Waals surface area (Å²) in [4.78, 5) is 13.8. The highest BCUT2D eigenvalue weighted by atomic mass is 16.5. The van der Waals surface area contributed by atoms with Crippen LogP contribution < -0.4 is 10.1 Å². The van der Waals surface area contributed by atoms with Crippen molar-refractivity contribution in [2.45, 2.75) is 19.4 Å². The first kappa shape index (κ1) is 13.7. The van der Waals surface area contributed by atoms with Gasteiger partial charge >= 0.3 is 6.03 Å². The van der Waals surface area contributed by atoms with E-state index in [0.29, 0.717) is 30.9 Å². The van der Waals surface area contributed by atoms with E-state index in [2.05, 4.69) is 5.32 Å². The van der Waals surface area contributed by atoms with E-state index in [-0.39, 0.29) is 18.1 Å². The number of nitrogens with zero attached hydrogens (tertiary/aromatic N) is 1. The summed E-state index contributed by atoms with van der Waals surface area (Å²) in [6, 6.07) is 7.13. The molecule has 1 aliphatic heterocycles. The van der Waals surface area contributed by atoms with Crippen LogP contribution in [0.4, 0.5) is 10.5 Å². The second-order valence-electron chi connectivity index (χ2n) is 4.94. The van der Waals surface area contributed by atoms with E-state index in [0.717, 1.165) is 0 Å². The van der Waals surface area contributed by atoms with Gasteiger partial charge in [-0.3, -0.25) is 0 Å². The zero-order chi connectivity index (χ0) is 13.8. The van der Waals surface area contributed by atoms with E-state index in [9.17, 15) is 9.90 Å². The van der Waals surface area contributed by atoms with E-state index in [4.69, 9.17) is 4.74 Å². The van der Waals surface area contributed by atoms with Crippen LogP contribution in [0.5, 0.6) is 5.75 Å². The minimum absolute atomic E-state index is 0.116. The highest BCUT2D eigenvalue weighted by Crippen LogP contribution is 2.20. The Balaban J connectivity index is 1.97. The molecule has 5 heteroatoms. The number of ether oxygens (including phenoxy) is 1. The van der Waals surface area contributed by atoms with E-state index in [1.54, 1.807) is 18.1 Å². The molecule has 5 nitrogen and oxygen atoms in total. The number of methoxy groups -OCH3 is 1. The van der Waals surface area contributed by atoms with Gasteiger partial charge in [-0.05, 0) is 24.5 Å². The standard InChI is InChI=1S/C14H20N2O3/c1-10-9-16(7-6-13(10)17)14(18)15-11-4-3-5-12(8-11)19-2/h3-5,8,10,13,17H,6-7,9H2,1-2H3,(H,15,18). The molecule has 1 saturated heterocycles. The Morgan fingerprint density at radius 1 is 1.53 bits per heavy atom. The Morgan fingerprint density at radius 2 is 2.32 bits per heavy atom. The number of anilines is 1. The molecule has 0 spiro atoms. The van der Waals surface area contributed by atoms with Crippen molar-refractivity contribution < 1.29 is 14.6 Å². The van der Waals surface area contributed by atoms with Crippen LogP contribution in [0.1, 0.15) is 13.3 Å². The van der Waals surface area contributed by atoms with Crippen LogP contribution in [-0.4, -0.2) is 42.3 Å². The van der Waals surface area contributed by atoms with Crippen LogP contribution in [-0.2, 0) is 0 Å². The Hall–Kier alpha value is -1.75. The Kier molecular flexibility index (Phi) is 4.27. The molecule has 19 heavy (non-hydrogen) atoms. The van der Waals surface area contributed by atoms with Crippen LogP contribution in [0.15, 0.2) is 24.3 Å². The summed E-state index contributed by atoms with van der Waals surface area (Å²) in [5.74, 6) is 0.824. The summed E-state index contributed by atoms with van der Waals surface area (Å²) in [6.45, 7) is 3.12. The molecule has 104 valence electrons. The molecule has 0 saturated carbocycles. The molecular weight excluding hydrogens is 244 g/mol. The molecule has 2 amide bonds. The van der Waals surface area contributed by atoms with Gasteiger partial charge in [0.25, 0.3) is 0 Å². The van der Waals surface area contributed by atoms with Gasteiger partial charge in [-0.15, -0.1) is 0 Å². The summed E-state index contributed by atoms with van der Waals surface area (Å²) in [5, 5.41) is 12.5. The number of carbonyl (C=O) groups excluding carboxylic acids is 1. The normalized spacial score (nSPS) is 23.0. The third kappa shape index (κ3) is 3.38. The number of aliphatic hydroxyl groups is 1. The fourth-order valence-electron chi connectivity index (χ4n) is 2.22. The molecule has 1 aromatic carbocycles. The Bertz CT molecular complexity index is 450. The van der Waals surface area contributed by atoms with E-state index in [1.165, 1.54) is 0 Å². The number of aliphatic hydroxyl groups excluding tert-OH is 1. The predicted molar refractivity (Wildman–Crippen MR) is 73.4 cm³/mol. The lowest BCUT2D eigenvalue weighted by Crippen LogP contribution is -2.46. The first-order valence-corrected chi connectivity index (χ1v) is 6.48. The van der Waals surface area contributed by atoms with Crippen LogP contribution in [0, 0.1) is 5.92 Å². The highest BCUT2D eigenvalue weighted by molar-refractivity contribution is 5.89. The van der Waals surface area contributed by atoms with Crippen molar-refractivity contribution in [1.29, 1.82) is 0 Å². The molecule has 0 radical (unpaired) electrons. The number of urea groups is 1. The number of amides is 2. The lowest BCUT2D eigenvalue weighted by atomic mass is 9.97. The zero-order valence-corrected chi connectivity index (χ0v) is 11.3. The van der Waals surface area contributed by atoms with Crippen molar-refractivity contribution in [2.24, 2.45) is 5.92 Å². The molecule has 0 aromatic heterocycles. The molecule has 0 bridgehead atoms. The van der Waals surface area contributed by atoms with E-state index in [1.807, 2.05) is 25.1 Å². The quantitative estimate of drug-likeness (QED) is 0.858. The van der Waals surface area contributed by atoms with Crippen LogP contribution in [0.25, 0.3) is 0 Å².